The standard InChI is InChI=1S/C8H9N3O3/c1-4-3-6(8(9)12)10-5(2)7(4)11(13)14/h3H,1-2H3,(H2,9,12). The van der Waals surface area contributed by atoms with Crippen LogP contribution >= 0.6 is 0 Å². The maximum atomic E-state index is 10.8. The summed E-state index contributed by atoms with van der Waals surface area (Å²) < 4.78 is 0. The van der Waals surface area contributed by atoms with Gasteiger partial charge in [-0.3, -0.25) is 14.9 Å². The number of carbonyl (C=O) groups is 1. The van der Waals surface area contributed by atoms with Crippen molar-refractivity contribution in [1.82, 2.24) is 4.98 Å². The molecule has 0 saturated heterocycles. The first kappa shape index (κ1) is 10.1. The number of aryl methyl sites for hydroxylation is 2. The number of nitrogens with two attached hydrogens (primary N) is 1. The van der Waals surface area contributed by atoms with Crippen LogP contribution in [0.3, 0.4) is 0 Å². The number of rotatable bonds is 2. The largest absolute Gasteiger partial charge is 0.364 e. The minimum absolute atomic E-state index is 0.0469. The Balaban J connectivity index is 3.39. The molecule has 0 bridgehead atoms. The highest BCUT2D eigenvalue weighted by atomic mass is 16.6. The van der Waals surface area contributed by atoms with Gasteiger partial charge in [0.2, 0.25) is 0 Å². The number of carbonyl (C=O) groups excluding carboxylic acids is 1. The Bertz CT molecular complexity index is 391. The predicted octanol–water partition coefficient (Wildman–Crippen LogP) is 0.706. The molecule has 2 N–H and O–H groups in total. The fourth-order valence-electron chi connectivity index (χ4n) is 1.23. The van der Waals surface area contributed by atoms with Gasteiger partial charge >= 0.3 is 0 Å². The van der Waals surface area contributed by atoms with Crippen LogP contribution in [-0.2, 0) is 0 Å². The molecular weight excluding hydrogens is 186 g/mol. The van der Waals surface area contributed by atoms with E-state index in [0.717, 1.165) is 0 Å². The molecule has 0 saturated carbocycles. The lowest BCUT2D eigenvalue weighted by atomic mass is 10.1. The molecule has 1 amide bonds. The number of nitro groups is 1. The second-order valence-corrected chi connectivity index (χ2v) is 2.88. The van der Waals surface area contributed by atoms with Gasteiger partial charge in [-0.1, -0.05) is 0 Å². The zero-order chi connectivity index (χ0) is 10.9. The van der Waals surface area contributed by atoms with E-state index in [1.54, 1.807) is 6.92 Å². The SMILES string of the molecule is Cc1cc(C(N)=O)nc(C)c1[N+](=O)[O-]. The Labute approximate surface area is 79.9 Å². The quantitative estimate of drug-likeness (QED) is 0.554. The molecule has 6 heteroatoms. The lowest BCUT2D eigenvalue weighted by molar-refractivity contribution is -0.386. The molecule has 14 heavy (non-hydrogen) atoms. The Hall–Kier alpha value is -1.98. The van der Waals surface area contributed by atoms with E-state index in [0.29, 0.717) is 5.56 Å². The lowest BCUT2D eigenvalue weighted by Crippen LogP contribution is -2.14. The van der Waals surface area contributed by atoms with Crippen molar-refractivity contribution in [3.8, 4) is 0 Å². The second-order valence-electron chi connectivity index (χ2n) is 2.88. The summed E-state index contributed by atoms with van der Waals surface area (Å²) >= 11 is 0. The molecule has 0 aliphatic rings. The monoisotopic (exact) mass is 195 g/mol. The molecule has 0 radical (unpaired) electrons. The fraction of sp³-hybridized carbons (Fsp3) is 0.250. The van der Waals surface area contributed by atoms with E-state index in [9.17, 15) is 14.9 Å². The second kappa shape index (κ2) is 3.41. The molecule has 0 aromatic carbocycles. The van der Waals surface area contributed by atoms with Crippen molar-refractivity contribution >= 4 is 11.6 Å². The highest BCUT2D eigenvalue weighted by molar-refractivity contribution is 5.91. The normalized spacial score (nSPS) is 9.86. The van der Waals surface area contributed by atoms with Gasteiger partial charge in [0.25, 0.3) is 11.6 Å². The van der Waals surface area contributed by atoms with Crippen molar-refractivity contribution in [1.29, 1.82) is 0 Å². The Morgan fingerprint density at radius 2 is 2.14 bits per heavy atom. The van der Waals surface area contributed by atoms with Gasteiger partial charge in [-0.15, -0.1) is 0 Å². The third-order valence-electron chi connectivity index (χ3n) is 1.79. The first-order valence-corrected chi connectivity index (χ1v) is 3.86. The van der Waals surface area contributed by atoms with Gasteiger partial charge < -0.3 is 5.73 Å². The van der Waals surface area contributed by atoms with E-state index >= 15 is 0 Å². The minimum Gasteiger partial charge on any atom is -0.364 e. The first-order chi connectivity index (χ1) is 6.43. The van der Waals surface area contributed by atoms with Gasteiger partial charge in [0.1, 0.15) is 11.4 Å². The molecule has 1 heterocycles. The number of hydrogen-bond acceptors (Lipinski definition) is 4. The first-order valence-electron chi connectivity index (χ1n) is 3.86. The lowest BCUT2D eigenvalue weighted by Gasteiger charge is -2.02. The van der Waals surface area contributed by atoms with E-state index in [1.165, 1.54) is 13.0 Å². The zero-order valence-corrected chi connectivity index (χ0v) is 7.77. The van der Waals surface area contributed by atoms with Crippen molar-refractivity contribution in [2.45, 2.75) is 13.8 Å². The van der Waals surface area contributed by atoms with Crippen LogP contribution in [0.15, 0.2) is 6.07 Å². The highest BCUT2D eigenvalue weighted by Crippen LogP contribution is 2.21. The van der Waals surface area contributed by atoms with Crippen molar-refractivity contribution in [3.63, 3.8) is 0 Å². The summed E-state index contributed by atoms with van der Waals surface area (Å²) in [5.41, 5.74) is 5.56. The van der Waals surface area contributed by atoms with Crippen LogP contribution in [0.2, 0.25) is 0 Å². The van der Waals surface area contributed by atoms with Crippen molar-refractivity contribution < 1.29 is 9.72 Å². The summed E-state index contributed by atoms with van der Waals surface area (Å²) in [6.45, 7) is 3.01. The summed E-state index contributed by atoms with van der Waals surface area (Å²) in [6, 6.07) is 1.31. The van der Waals surface area contributed by atoms with Crippen LogP contribution in [0.25, 0.3) is 0 Å². The molecule has 0 atom stereocenters. The van der Waals surface area contributed by atoms with Crippen LogP contribution < -0.4 is 5.73 Å². The highest BCUT2D eigenvalue weighted by Gasteiger charge is 2.18. The van der Waals surface area contributed by atoms with Gasteiger partial charge in [0, 0.05) is 5.56 Å². The molecule has 0 spiro atoms. The van der Waals surface area contributed by atoms with Crippen molar-refractivity contribution in [3.05, 3.63) is 33.1 Å². The van der Waals surface area contributed by atoms with Crippen LogP contribution in [0, 0.1) is 24.0 Å². The summed E-state index contributed by atoms with van der Waals surface area (Å²) in [5, 5.41) is 10.6. The Kier molecular flexibility index (Phi) is 2.46. The van der Waals surface area contributed by atoms with Crippen LogP contribution in [0.4, 0.5) is 5.69 Å². The van der Waals surface area contributed by atoms with Crippen LogP contribution in [-0.4, -0.2) is 15.8 Å². The summed E-state index contributed by atoms with van der Waals surface area (Å²) in [7, 11) is 0. The van der Waals surface area contributed by atoms with Crippen LogP contribution in [0.1, 0.15) is 21.7 Å². The van der Waals surface area contributed by atoms with E-state index in [4.69, 9.17) is 5.73 Å². The molecule has 1 rings (SSSR count). The van der Waals surface area contributed by atoms with Gasteiger partial charge in [-0.2, -0.15) is 0 Å². The topological polar surface area (TPSA) is 99.1 Å². The maximum Gasteiger partial charge on any atom is 0.293 e. The maximum absolute atomic E-state index is 10.8. The van der Waals surface area contributed by atoms with E-state index < -0.39 is 10.8 Å². The Morgan fingerprint density at radius 1 is 1.57 bits per heavy atom. The number of amides is 1. The fourth-order valence-corrected chi connectivity index (χ4v) is 1.23. The molecule has 1 aromatic heterocycles. The van der Waals surface area contributed by atoms with Crippen molar-refractivity contribution in [2.24, 2.45) is 5.73 Å². The van der Waals surface area contributed by atoms with Crippen molar-refractivity contribution in [2.75, 3.05) is 0 Å². The zero-order valence-electron chi connectivity index (χ0n) is 7.77. The molecule has 0 fully saturated rings. The molecule has 74 valence electrons. The van der Waals surface area contributed by atoms with E-state index in [1.807, 2.05) is 0 Å². The number of primary amides is 1. The van der Waals surface area contributed by atoms with Gasteiger partial charge in [0.05, 0.1) is 4.92 Å². The summed E-state index contributed by atoms with van der Waals surface area (Å²) in [4.78, 5) is 24.6. The molecular formula is C8H9N3O3. The van der Waals surface area contributed by atoms with E-state index in [2.05, 4.69) is 4.98 Å². The van der Waals surface area contributed by atoms with Gasteiger partial charge in [-0.05, 0) is 19.9 Å². The number of hydrogen-bond donors (Lipinski definition) is 1. The van der Waals surface area contributed by atoms with E-state index in [-0.39, 0.29) is 17.1 Å². The van der Waals surface area contributed by atoms with Gasteiger partial charge in [-0.25, -0.2) is 4.98 Å². The minimum atomic E-state index is -0.689. The third kappa shape index (κ3) is 1.68. The summed E-state index contributed by atoms with van der Waals surface area (Å²) in [6.07, 6.45) is 0. The molecule has 0 unspecified atom stereocenters. The number of pyridine rings is 1. The number of aromatic nitrogens is 1. The predicted molar refractivity (Wildman–Crippen MR) is 48.9 cm³/mol. The molecule has 1 aromatic rings. The number of nitrogens with zero attached hydrogens (tertiary/aromatic N) is 2. The van der Waals surface area contributed by atoms with Gasteiger partial charge in [0.15, 0.2) is 0 Å². The smallest absolute Gasteiger partial charge is 0.293 e. The average molecular weight is 195 g/mol. The molecule has 6 nitrogen and oxygen atoms in total. The third-order valence-corrected chi connectivity index (χ3v) is 1.79. The Morgan fingerprint density at radius 3 is 2.50 bits per heavy atom. The molecule has 0 aliphatic heterocycles. The summed E-state index contributed by atoms with van der Waals surface area (Å²) in [5.74, 6) is -0.689. The average Bonchev–Trinajstić information content (AvgIpc) is 2.01. The van der Waals surface area contributed by atoms with Crippen LogP contribution in [0.5, 0.6) is 0 Å². The molecule has 0 aliphatic carbocycles.